The molecule has 0 saturated heterocycles. The molecule has 0 radical (unpaired) electrons. The fourth-order valence-electron chi connectivity index (χ4n) is 2.57. The molecule has 0 aliphatic heterocycles. The van der Waals surface area contributed by atoms with Crippen molar-refractivity contribution in [3.8, 4) is 5.75 Å². The number of hydrogen-bond acceptors (Lipinski definition) is 3. The average Bonchev–Trinajstić information content (AvgIpc) is 3.31. The quantitative estimate of drug-likeness (QED) is 0.764. The third kappa shape index (κ3) is 4.46. The van der Waals surface area contributed by atoms with Gasteiger partial charge in [-0.2, -0.15) is 0 Å². The molecule has 2 N–H and O–H groups in total. The standard InChI is InChI=1S/C17H25BrN2O2/c1-3-5-15(19)17(21)20(14-7-8-14)11-12-10-13(18)6-9-16(12)22-4-2/h6,9-10,14-15H,3-5,7-8,11,19H2,1-2H3. The van der Waals surface area contributed by atoms with E-state index >= 15 is 0 Å². The number of halogens is 1. The van der Waals surface area contributed by atoms with Crippen LogP contribution in [0.2, 0.25) is 0 Å². The maximum atomic E-state index is 12.6. The van der Waals surface area contributed by atoms with Crippen LogP contribution in [-0.2, 0) is 11.3 Å². The van der Waals surface area contributed by atoms with Crippen LogP contribution >= 0.6 is 15.9 Å². The highest BCUT2D eigenvalue weighted by Gasteiger charge is 2.35. The van der Waals surface area contributed by atoms with Gasteiger partial charge in [-0.3, -0.25) is 4.79 Å². The molecule has 0 bridgehead atoms. The summed E-state index contributed by atoms with van der Waals surface area (Å²) in [5.41, 5.74) is 7.07. The molecule has 0 spiro atoms. The van der Waals surface area contributed by atoms with Crippen LogP contribution in [0, 0.1) is 0 Å². The van der Waals surface area contributed by atoms with Crippen LogP contribution in [0.15, 0.2) is 22.7 Å². The van der Waals surface area contributed by atoms with Gasteiger partial charge in [0.2, 0.25) is 5.91 Å². The Balaban J connectivity index is 2.17. The number of ether oxygens (including phenoxy) is 1. The Morgan fingerprint density at radius 1 is 1.45 bits per heavy atom. The fourth-order valence-corrected chi connectivity index (χ4v) is 2.98. The third-order valence-electron chi connectivity index (χ3n) is 3.85. The molecule has 1 unspecified atom stereocenters. The summed E-state index contributed by atoms with van der Waals surface area (Å²) in [5, 5.41) is 0. The molecule has 1 aromatic carbocycles. The molecule has 122 valence electrons. The van der Waals surface area contributed by atoms with Crippen LogP contribution in [0.25, 0.3) is 0 Å². The van der Waals surface area contributed by atoms with Gasteiger partial charge in [-0.1, -0.05) is 29.3 Å². The Kier molecular flexibility index (Phi) is 6.26. The lowest BCUT2D eigenvalue weighted by atomic mass is 10.1. The lowest BCUT2D eigenvalue weighted by molar-refractivity contribution is -0.134. The Morgan fingerprint density at radius 2 is 2.18 bits per heavy atom. The minimum Gasteiger partial charge on any atom is -0.494 e. The zero-order chi connectivity index (χ0) is 16.1. The number of benzene rings is 1. The Labute approximate surface area is 141 Å². The van der Waals surface area contributed by atoms with Crippen molar-refractivity contribution < 1.29 is 9.53 Å². The van der Waals surface area contributed by atoms with Crippen molar-refractivity contribution in [3.63, 3.8) is 0 Å². The number of amides is 1. The smallest absolute Gasteiger partial charge is 0.240 e. The predicted octanol–water partition coefficient (Wildman–Crippen LogP) is 3.47. The van der Waals surface area contributed by atoms with E-state index in [2.05, 4.69) is 22.9 Å². The lowest BCUT2D eigenvalue weighted by Gasteiger charge is -2.26. The molecule has 1 aromatic rings. The first kappa shape index (κ1) is 17.3. The zero-order valence-corrected chi connectivity index (χ0v) is 14.9. The van der Waals surface area contributed by atoms with Crippen molar-refractivity contribution in [2.45, 2.75) is 58.2 Å². The van der Waals surface area contributed by atoms with E-state index in [1.54, 1.807) is 0 Å². The van der Waals surface area contributed by atoms with E-state index in [0.29, 0.717) is 19.2 Å². The van der Waals surface area contributed by atoms with Crippen molar-refractivity contribution >= 4 is 21.8 Å². The third-order valence-corrected chi connectivity index (χ3v) is 4.34. The predicted molar refractivity (Wildman–Crippen MR) is 91.8 cm³/mol. The van der Waals surface area contributed by atoms with Gasteiger partial charge in [0.25, 0.3) is 0 Å². The normalized spacial score (nSPS) is 15.5. The van der Waals surface area contributed by atoms with Crippen molar-refractivity contribution in [3.05, 3.63) is 28.2 Å². The van der Waals surface area contributed by atoms with Crippen LogP contribution in [-0.4, -0.2) is 29.5 Å². The van der Waals surface area contributed by atoms with Gasteiger partial charge in [0.1, 0.15) is 5.75 Å². The molecule has 0 heterocycles. The molecule has 1 aliphatic carbocycles. The number of hydrogen-bond donors (Lipinski definition) is 1. The molecular weight excluding hydrogens is 344 g/mol. The lowest BCUT2D eigenvalue weighted by Crippen LogP contribution is -2.44. The number of rotatable bonds is 8. The monoisotopic (exact) mass is 368 g/mol. The summed E-state index contributed by atoms with van der Waals surface area (Å²) in [6.07, 6.45) is 3.80. The summed E-state index contributed by atoms with van der Waals surface area (Å²) < 4.78 is 6.68. The van der Waals surface area contributed by atoms with Gasteiger partial charge in [0, 0.05) is 22.6 Å². The summed E-state index contributed by atoms with van der Waals surface area (Å²) in [6, 6.07) is 5.88. The van der Waals surface area contributed by atoms with Crippen molar-refractivity contribution in [2.75, 3.05) is 6.61 Å². The summed E-state index contributed by atoms with van der Waals surface area (Å²) >= 11 is 3.50. The van der Waals surface area contributed by atoms with Gasteiger partial charge in [-0.15, -0.1) is 0 Å². The minimum absolute atomic E-state index is 0.0618. The SMILES string of the molecule is CCCC(N)C(=O)N(Cc1cc(Br)ccc1OCC)C1CC1. The molecule has 1 atom stereocenters. The second kappa shape index (κ2) is 7.97. The summed E-state index contributed by atoms with van der Waals surface area (Å²) in [7, 11) is 0. The van der Waals surface area contributed by atoms with E-state index in [0.717, 1.165) is 41.5 Å². The largest absolute Gasteiger partial charge is 0.494 e. The van der Waals surface area contributed by atoms with Crippen molar-refractivity contribution in [2.24, 2.45) is 5.73 Å². The number of nitrogens with two attached hydrogens (primary N) is 1. The topological polar surface area (TPSA) is 55.6 Å². The first-order chi connectivity index (χ1) is 10.6. The molecule has 4 nitrogen and oxygen atoms in total. The first-order valence-electron chi connectivity index (χ1n) is 8.04. The molecule has 22 heavy (non-hydrogen) atoms. The second-order valence-electron chi connectivity index (χ2n) is 5.78. The Morgan fingerprint density at radius 3 is 2.77 bits per heavy atom. The molecule has 2 rings (SSSR count). The molecule has 1 aliphatic rings. The van der Waals surface area contributed by atoms with Gasteiger partial charge in [-0.05, 0) is 44.4 Å². The maximum absolute atomic E-state index is 12.6. The van der Waals surface area contributed by atoms with Crippen LogP contribution in [0.4, 0.5) is 0 Å². The van der Waals surface area contributed by atoms with Gasteiger partial charge < -0.3 is 15.4 Å². The number of carbonyl (C=O) groups is 1. The summed E-state index contributed by atoms with van der Waals surface area (Å²) in [5.74, 6) is 0.903. The Hall–Kier alpha value is -1.07. The summed E-state index contributed by atoms with van der Waals surface area (Å²) in [6.45, 7) is 5.19. The summed E-state index contributed by atoms with van der Waals surface area (Å²) in [4.78, 5) is 14.6. The molecular formula is C17H25BrN2O2. The van der Waals surface area contributed by atoms with E-state index in [1.807, 2.05) is 30.0 Å². The van der Waals surface area contributed by atoms with E-state index in [1.165, 1.54) is 0 Å². The van der Waals surface area contributed by atoms with E-state index in [4.69, 9.17) is 10.5 Å². The number of nitrogens with zero attached hydrogens (tertiary/aromatic N) is 1. The molecule has 1 saturated carbocycles. The highest BCUT2D eigenvalue weighted by molar-refractivity contribution is 9.10. The van der Waals surface area contributed by atoms with E-state index in [9.17, 15) is 4.79 Å². The molecule has 1 fully saturated rings. The van der Waals surface area contributed by atoms with Gasteiger partial charge in [-0.25, -0.2) is 0 Å². The average molecular weight is 369 g/mol. The van der Waals surface area contributed by atoms with Crippen LogP contribution in [0.3, 0.4) is 0 Å². The van der Waals surface area contributed by atoms with Gasteiger partial charge >= 0.3 is 0 Å². The zero-order valence-electron chi connectivity index (χ0n) is 13.3. The maximum Gasteiger partial charge on any atom is 0.240 e. The van der Waals surface area contributed by atoms with Crippen LogP contribution in [0.5, 0.6) is 5.75 Å². The first-order valence-corrected chi connectivity index (χ1v) is 8.83. The fraction of sp³-hybridized carbons (Fsp3) is 0.588. The van der Waals surface area contributed by atoms with Crippen molar-refractivity contribution in [1.82, 2.24) is 4.90 Å². The number of carbonyl (C=O) groups excluding carboxylic acids is 1. The van der Waals surface area contributed by atoms with Gasteiger partial charge in [0.05, 0.1) is 12.6 Å². The van der Waals surface area contributed by atoms with Crippen LogP contribution < -0.4 is 10.5 Å². The van der Waals surface area contributed by atoms with E-state index < -0.39 is 6.04 Å². The molecule has 0 aromatic heterocycles. The highest BCUT2D eigenvalue weighted by Crippen LogP contribution is 2.32. The van der Waals surface area contributed by atoms with E-state index in [-0.39, 0.29) is 5.91 Å². The van der Waals surface area contributed by atoms with Crippen LogP contribution in [0.1, 0.15) is 45.1 Å². The molecule has 5 heteroatoms. The van der Waals surface area contributed by atoms with Crippen molar-refractivity contribution in [1.29, 1.82) is 0 Å². The van der Waals surface area contributed by atoms with Gasteiger partial charge in [0.15, 0.2) is 0 Å². The molecule has 1 amide bonds. The minimum atomic E-state index is -0.395. The highest BCUT2D eigenvalue weighted by atomic mass is 79.9. The second-order valence-corrected chi connectivity index (χ2v) is 6.69. The Bertz CT molecular complexity index is 517.